The van der Waals surface area contributed by atoms with Gasteiger partial charge >= 0.3 is 0 Å². The maximum Gasteiger partial charge on any atom is 0.256 e. The van der Waals surface area contributed by atoms with Gasteiger partial charge in [0.25, 0.3) is 5.91 Å². The summed E-state index contributed by atoms with van der Waals surface area (Å²) in [4.78, 5) is 19.3. The van der Waals surface area contributed by atoms with Crippen molar-refractivity contribution in [3.05, 3.63) is 82.5 Å². The molecule has 3 rings (SSSR count). The molecule has 0 fully saturated rings. The zero-order chi connectivity index (χ0) is 20.6. The van der Waals surface area contributed by atoms with Gasteiger partial charge in [0, 0.05) is 16.4 Å². The molecule has 0 aliphatic rings. The average molecular weight is 453 g/mol. The number of carbonyl (C=O) groups is 1. The molecule has 29 heavy (non-hydrogen) atoms. The molecular formula is C23H25BrN4O. The van der Waals surface area contributed by atoms with Gasteiger partial charge in [-0.15, -0.1) is 0 Å². The Kier molecular flexibility index (Phi) is 7.38. The molecule has 150 valence electrons. The first-order valence-electron chi connectivity index (χ1n) is 9.55. The van der Waals surface area contributed by atoms with E-state index in [0.29, 0.717) is 17.1 Å². The van der Waals surface area contributed by atoms with E-state index < -0.39 is 0 Å². The summed E-state index contributed by atoms with van der Waals surface area (Å²) in [5.74, 6) is 0.431. The van der Waals surface area contributed by atoms with Crippen LogP contribution in [-0.4, -0.2) is 36.4 Å². The molecule has 0 atom stereocenters. The number of anilines is 3. The normalized spacial score (nSPS) is 10.8. The van der Waals surface area contributed by atoms with Gasteiger partial charge in [-0.05, 0) is 85.3 Å². The number of carbonyl (C=O) groups excluding carboxylic acids is 1. The lowest BCUT2D eigenvalue weighted by Crippen LogP contribution is -2.15. The van der Waals surface area contributed by atoms with Gasteiger partial charge in [0.1, 0.15) is 0 Å². The van der Waals surface area contributed by atoms with E-state index in [4.69, 9.17) is 0 Å². The van der Waals surface area contributed by atoms with Gasteiger partial charge in [-0.1, -0.05) is 30.3 Å². The predicted molar refractivity (Wildman–Crippen MR) is 123 cm³/mol. The molecule has 6 heteroatoms. The second-order valence-electron chi connectivity index (χ2n) is 7.02. The summed E-state index contributed by atoms with van der Waals surface area (Å²) in [5.41, 5.74) is 3.44. The van der Waals surface area contributed by atoms with Crippen LogP contribution in [0.1, 0.15) is 22.3 Å². The predicted octanol–water partition coefficient (Wildman–Crippen LogP) is 5.33. The number of aromatic nitrogens is 1. The number of rotatable bonds is 8. The van der Waals surface area contributed by atoms with Gasteiger partial charge in [0.15, 0.2) is 5.82 Å². The van der Waals surface area contributed by atoms with Gasteiger partial charge in [-0.25, -0.2) is 4.98 Å². The third kappa shape index (κ3) is 5.89. The highest BCUT2D eigenvalue weighted by atomic mass is 79.9. The number of para-hydroxylation sites is 1. The summed E-state index contributed by atoms with van der Waals surface area (Å²) in [6.07, 6.45) is 3.75. The lowest BCUT2D eigenvalue weighted by atomic mass is 10.1. The Bertz CT molecular complexity index is 974. The molecule has 0 saturated carbocycles. The highest BCUT2D eigenvalue weighted by Crippen LogP contribution is 2.27. The second kappa shape index (κ2) is 10.2. The molecule has 1 heterocycles. The average Bonchev–Trinajstić information content (AvgIpc) is 2.71. The summed E-state index contributed by atoms with van der Waals surface area (Å²) in [6.45, 7) is 1.03. The van der Waals surface area contributed by atoms with Crippen LogP contribution >= 0.6 is 15.9 Å². The summed E-state index contributed by atoms with van der Waals surface area (Å²) in [6, 6.07) is 19.2. The minimum Gasteiger partial charge on any atom is -0.338 e. The number of amides is 1. The van der Waals surface area contributed by atoms with Crippen molar-refractivity contribution in [2.24, 2.45) is 0 Å². The molecule has 0 saturated heterocycles. The van der Waals surface area contributed by atoms with Crippen LogP contribution < -0.4 is 10.6 Å². The quantitative estimate of drug-likeness (QED) is 0.484. The fraction of sp³-hybridized carbons (Fsp3) is 0.217. The Morgan fingerprint density at radius 2 is 1.72 bits per heavy atom. The van der Waals surface area contributed by atoms with E-state index >= 15 is 0 Å². The summed E-state index contributed by atoms with van der Waals surface area (Å²) >= 11 is 3.43. The molecule has 0 unspecified atom stereocenters. The van der Waals surface area contributed by atoms with E-state index in [0.717, 1.165) is 29.5 Å². The third-order valence-electron chi connectivity index (χ3n) is 4.50. The summed E-state index contributed by atoms with van der Waals surface area (Å²) in [7, 11) is 4.16. The van der Waals surface area contributed by atoms with Crippen LogP contribution in [0.3, 0.4) is 0 Å². The fourth-order valence-electron chi connectivity index (χ4n) is 3.01. The maximum atomic E-state index is 12.7. The first-order chi connectivity index (χ1) is 14.0. The Hall–Kier alpha value is -2.70. The number of hydrogen-bond acceptors (Lipinski definition) is 4. The smallest absolute Gasteiger partial charge is 0.256 e. The molecule has 0 aliphatic carbocycles. The van der Waals surface area contributed by atoms with Crippen molar-refractivity contribution in [3.8, 4) is 0 Å². The molecular weight excluding hydrogens is 428 g/mol. The molecule has 1 amide bonds. The minimum absolute atomic E-state index is 0.187. The number of aryl methyl sites for hydroxylation is 1. The zero-order valence-electron chi connectivity index (χ0n) is 16.7. The van der Waals surface area contributed by atoms with Crippen molar-refractivity contribution in [2.75, 3.05) is 31.3 Å². The monoisotopic (exact) mass is 452 g/mol. The van der Waals surface area contributed by atoms with Crippen molar-refractivity contribution in [2.45, 2.75) is 12.8 Å². The number of pyridine rings is 1. The number of nitrogens with zero attached hydrogens (tertiary/aromatic N) is 2. The lowest BCUT2D eigenvalue weighted by molar-refractivity contribution is 0.102. The van der Waals surface area contributed by atoms with E-state index in [-0.39, 0.29) is 5.91 Å². The first-order valence-corrected chi connectivity index (χ1v) is 10.3. The van der Waals surface area contributed by atoms with Gasteiger partial charge in [0.05, 0.1) is 11.3 Å². The molecule has 0 radical (unpaired) electrons. The van der Waals surface area contributed by atoms with E-state index in [9.17, 15) is 4.79 Å². The molecule has 2 aromatic carbocycles. The lowest BCUT2D eigenvalue weighted by Gasteiger charge is -2.16. The Morgan fingerprint density at radius 1 is 1.00 bits per heavy atom. The molecule has 0 aliphatic heterocycles. The second-order valence-corrected chi connectivity index (χ2v) is 7.88. The van der Waals surface area contributed by atoms with Crippen LogP contribution in [0.5, 0.6) is 0 Å². The number of hydrogen-bond donors (Lipinski definition) is 2. The molecule has 2 N–H and O–H groups in total. The van der Waals surface area contributed by atoms with Crippen LogP contribution in [0.25, 0.3) is 0 Å². The fourth-order valence-corrected chi connectivity index (χ4v) is 3.48. The molecule has 5 nitrogen and oxygen atoms in total. The van der Waals surface area contributed by atoms with Crippen LogP contribution in [0.15, 0.2) is 71.3 Å². The SMILES string of the molecule is CN(C)CCCc1ccccc1Nc1ncccc1NC(=O)c1ccccc1Br. The van der Waals surface area contributed by atoms with Gasteiger partial charge < -0.3 is 15.5 Å². The van der Waals surface area contributed by atoms with Crippen LogP contribution in [0, 0.1) is 0 Å². The topological polar surface area (TPSA) is 57.3 Å². The van der Waals surface area contributed by atoms with E-state index in [2.05, 4.69) is 56.6 Å². The largest absolute Gasteiger partial charge is 0.338 e. The van der Waals surface area contributed by atoms with E-state index in [1.54, 1.807) is 12.3 Å². The van der Waals surface area contributed by atoms with Gasteiger partial charge in [-0.3, -0.25) is 4.79 Å². The molecule has 3 aromatic rings. The van der Waals surface area contributed by atoms with E-state index in [1.807, 2.05) is 48.5 Å². The zero-order valence-corrected chi connectivity index (χ0v) is 18.2. The third-order valence-corrected chi connectivity index (χ3v) is 5.19. The van der Waals surface area contributed by atoms with Crippen LogP contribution in [-0.2, 0) is 6.42 Å². The number of nitrogens with one attached hydrogen (secondary N) is 2. The Morgan fingerprint density at radius 3 is 2.52 bits per heavy atom. The molecule has 0 bridgehead atoms. The first kappa shape index (κ1) is 21.0. The van der Waals surface area contributed by atoms with E-state index in [1.165, 1.54) is 5.56 Å². The number of halogens is 1. The number of benzene rings is 2. The minimum atomic E-state index is -0.187. The molecule has 0 spiro atoms. The summed E-state index contributed by atoms with van der Waals surface area (Å²) in [5, 5.41) is 6.36. The standard InChI is InChI=1S/C23H25BrN4O/c1-28(2)16-8-10-17-9-3-6-13-20(17)26-22-21(14-7-15-25-22)27-23(29)18-11-4-5-12-19(18)24/h3-7,9,11-15H,8,10,16H2,1-2H3,(H,25,26)(H,27,29). The van der Waals surface area contributed by atoms with Crippen molar-refractivity contribution in [1.82, 2.24) is 9.88 Å². The van der Waals surface area contributed by atoms with Crippen molar-refractivity contribution in [1.29, 1.82) is 0 Å². The Balaban J connectivity index is 1.78. The Labute approximate surface area is 180 Å². The van der Waals surface area contributed by atoms with Crippen molar-refractivity contribution >= 4 is 39.0 Å². The van der Waals surface area contributed by atoms with Crippen molar-refractivity contribution in [3.63, 3.8) is 0 Å². The van der Waals surface area contributed by atoms with Crippen LogP contribution in [0.2, 0.25) is 0 Å². The highest BCUT2D eigenvalue weighted by Gasteiger charge is 2.13. The highest BCUT2D eigenvalue weighted by molar-refractivity contribution is 9.10. The van der Waals surface area contributed by atoms with Gasteiger partial charge in [0.2, 0.25) is 0 Å². The van der Waals surface area contributed by atoms with Gasteiger partial charge in [-0.2, -0.15) is 0 Å². The van der Waals surface area contributed by atoms with Crippen molar-refractivity contribution < 1.29 is 4.79 Å². The maximum absolute atomic E-state index is 12.7. The van der Waals surface area contributed by atoms with Crippen LogP contribution in [0.4, 0.5) is 17.2 Å². The summed E-state index contributed by atoms with van der Waals surface area (Å²) < 4.78 is 0.752. The molecule has 1 aromatic heterocycles.